The summed E-state index contributed by atoms with van der Waals surface area (Å²) in [4.78, 5) is 0. The zero-order valence-electron chi connectivity index (χ0n) is 10.1. The molecule has 94 valence electrons. The second-order valence-electron chi connectivity index (χ2n) is 4.06. The van der Waals surface area contributed by atoms with E-state index in [1.54, 1.807) is 6.26 Å². The average Bonchev–Trinajstić information content (AvgIpc) is 2.44. The van der Waals surface area contributed by atoms with Gasteiger partial charge in [0.15, 0.2) is 6.61 Å². The Hall–Kier alpha value is -2.15. The molecule has 0 saturated heterocycles. The van der Waals surface area contributed by atoms with Crippen LogP contribution in [0.4, 0.5) is 5.69 Å². The quantitative estimate of drug-likeness (QED) is 0.865. The molecule has 0 fully saturated rings. The van der Waals surface area contributed by atoms with E-state index in [0.717, 1.165) is 25.1 Å². The van der Waals surface area contributed by atoms with Crippen LogP contribution in [0, 0.1) is 11.3 Å². The number of benzene rings is 1. The van der Waals surface area contributed by atoms with Crippen molar-refractivity contribution >= 4 is 5.69 Å². The molecule has 1 N–H and O–H groups in total. The molecule has 1 aromatic carbocycles. The normalized spacial score (nSPS) is 17.6. The van der Waals surface area contributed by atoms with Crippen molar-refractivity contribution in [1.29, 1.82) is 5.26 Å². The summed E-state index contributed by atoms with van der Waals surface area (Å²) in [5.41, 5.74) is 0.976. The Morgan fingerprint density at radius 2 is 2.44 bits per heavy atom. The van der Waals surface area contributed by atoms with Crippen LogP contribution in [-0.2, 0) is 4.74 Å². The molecule has 4 heteroatoms. The van der Waals surface area contributed by atoms with Gasteiger partial charge in [-0.3, -0.25) is 0 Å². The van der Waals surface area contributed by atoms with E-state index >= 15 is 0 Å². The lowest BCUT2D eigenvalue weighted by Gasteiger charge is -2.20. The van der Waals surface area contributed by atoms with Crippen molar-refractivity contribution in [2.24, 2.45) is 0 Å². The van der Waals surface area contributed by atoms with Gasteiger partial charge < -0.3 is 14.8 Å². The SMILES string of the molecule is N#CCOc1cccc(NCC2CCC=CO2)c1. The van der Waals surface area contributed by atoms with Gasteiger partial charge in [-0.05, 0) is 31.1 Å². The summed E-state index contributed by atoms with van der Waals surface area (Å²) in [6.07, 6.45) is 6.12. The fourth-order valence-electron chi connectivity index (χ4n) is 1.78. The fraction of sp³-hybridized carbons (Fsp3) is 0.357. The summed E-state index contributed by atoms with van der Waals surface area (Å²) in [5.74, 6) is 0.700. The molecule has 0 aromatic heterocycles. The largest absolute Gasteiger partial charge is 0.497 e. The van der Waals surface area contributed by atoms with E-state index in [-0.39, 0.29) is 12.7 Å². The van der Waals surface area contributed by atoms with Crippen molar-refractivity contribution in [1.82, 2.24) is 0 Å². The standard InChI is InChI=1S/C14H16N2O2/c15-7-9-18-13-6-3-4-12(10-13)16-11-14-5-1-2-8-17-14/h2-4,6,8,10,14,16H,1,5,9,11H2. The molecule has 4 nitrogen and oxygen atoms in total. The van der Waals surface area contributed by atoms with E-state index in [9.17, 15) is 0 Å². The molecule has 0 saturated carbocycles. The molecule has 0 aliphatic carbocycles. The van der Waals surface area contributed by atoms with Crippen molar-refractivity contribution in [3.05, 3.63) is 36.6 Å². The van der Waals surface area contributed by atoms with Gasteiger partial charge in [-0.2, -0.15) is 5.26 Å². The predicted octanol–water partition coefficient (Wildman–Crippen LogP) is 2.69. The summed E-state index contributed by atoms with van der Waals surface area (Å²) >= 11 is 0. The van der Waals surface area contributed by atoms with Gasteiger partial charge >= 0.3 is 0 Å². The minimum Gasteiger partial charge on any atom is -0.497 e. The van der Waals surface area contributed by atoms with Gasteiger partial charge in [-0.15, -0.1) is 0 Å². The van der Waals surface area contributed by atoms with Crippen LogP contribution < -0.4 is 10.1 Å². The maximum atomic E-state index is 8.46. The van der Waals surface area contributed by atoms with Crippen molar-refractivity contribution in [3.63, 3.8) is 0 Å². The third kappa shape index (κ3) is 3.70. The Bertz CT molecular complexity index is 451. The van der Waals surface area contributed by atoms with E-state index in [0.29, 0.717) is 5.75 Å². The highest BCUT2D eigenvalue weighted by molar-refractivity contribution is 5.48. The summed E-state index contributed by atoms with van der Waals surface area (Å²) < 4.78 is 10.7. The topological polar surface area (TPSA) is 54.3 Å². The van der Waals surface area contributed by atoms with Crippen LogP contribution in [0.2, 0.25) is 0 Å². The van der Waals surface area contributed by atoms with Gasteiger partial charge in [-0.1, -0.05) is 6.07 Å². The van der Waals surface area contributed by atoms with Crippen molar-refractivity contribution in [2.45, 2.75) is 18.9 Å². The minimum atomic E-state index is 0.0694. The lowest BCUT2D eigenvalue weighted by molar-refractivity contribution is 0.135. The van der Waals surface area contributed by atoms with Gasteiger partial charge in [-0.25, -0.2) is 0 Å². The molecular formula is C14H16N2O2. The maximum Gasteiger partial charge on any atom is 0.174 e. The Balaban J connectivity index is 1.85. The number of nitrogens with zero attached hydrogens (tertiary/aromatic N) is 1. The van der Waals surface area contributed by atoms with Gasteiger partial charge in [0.2, 0.25) is 0 Å². The lowest BCUT2D eigenvalue weighted by Crippen LogP contribution is -2.22. The molecule has 0 amide bonds. The molecule has 2 rings (SSSR count). The van der Waals surface area contributed by atoms with Crippen LogP contribution in [0.5, 0.6) is 5.75 Å². The maximum absolute atomic E-state index is 8.46. The summed E-state index contributed by atoms with van der Waals surface area (Å²) in [6.45, 7) is 0.839. The number of allylic oxidation sites excluding steroid dienone is 1. The predicted molar refractivity (Wildman–Crippen MR) is 69.3 cm³/mol. The van der Waals surface area contributed by atoms with Crippen molar-refractivity contribution in [3.8, 4) is 11.8 Å². The molecule has 1 aliphatic rings. The van der Waals surface area contributed by atoms with E-state index < -0.39 is 0 Å². The van der Waals surface area contributed by atoms with Crippen LogP contribution in [0.3, 0.4) is 0 Å². The number of rotatable bonds is 5. The highest BCUT2D eigenvalue weighted by atomic mass is 16.5. The molecule has 1 heterocycles. The van der Waals surface area contributed by atoms with Gasteiger partial charge in [0.05, 0.1) is 12.8 Å². The second-order valence-corrected chi connectivity index (χ2v) is 4.06. The van der Waals surface area contributed by atoms with Crippen LogP contribution in [-0.4, -0.2) is 19.3 Å². The smallest absolute Gasteiger partial charge is 0.174 e. The summed E-state index contributed by atoms with van der Waals surface area (Å²) in [7, 11) is 0. The number of nitriles is 1. The first-order chi connectivity index (χ1) is 8.88. The number of hydrogen-bond acceptors (Lipinski definition) is 4. The van der Waals surface area contributed by atoms with Crippen LogP contribution in [0.1, 0.15) is 12.8 Å². The summed E-state index contributed by atoms with van der Waals surface area (Å²) in [6, 6.07) is 9.54. The third-order valence-corrected chi connectivity index (χ3v) is 2.69. The number of anilines is 1. The Morgan fingerprint density at radius 3 is 3.22 bits per heavy atom. The van der Waals surface area contributed by atoms with E-state index in [1.165, 1.54) is 0 Å². The third-order valence-electron chi connectivity index (χ3n) is 2.69. The zero-order chi connectivity index (χ0) is 12.6. The zero-order valence-corrected chi connectivity index (χ0v) is 10.1. The number of hydrogen-bond donors (Lipinski definition) is 1. The highest BCUT2D eigenvalue weighted by Crippen LogP contribution is 2.18. The monoisotopic (exact) mass is 244 g/mol. The van der Waals surface area contributed by atoms with Crippen LogP contribution in [0.15, 0.2) is 36.6 Å². The van der Waals surface area contributed by atoms with Crippen LogP contribution in [0.25, 0.3) is 0 Å². The first-order valence-corrected chi connectivity index (χ1v) is 6.02. The van der Waals surface area contributed by atoms with E-state index in [4.69, 9.17) is 14.7 Å². The van der Waals surface area contributed by atoms with Crippen LogP contribution >= 0.6 is 0 Å². The molecule has 1 unspecified atom stereocenters. The number of nitrogens with one attached hydrogen (secondary N) is 1. The minimum absolute atomic E-state index is 0.0694. The Morgan fingerprint density at radius 1 is 1.50 bits per heavy atom. The Kier molecular flexibility index (Phi) is 4.48. The fourth-order valence-corrected chi connectivity index (χ4v) is 1.78. The van der Waals surface area contributed by atoms with Crippen molar-refractivity contribution < 1.29 is 9.47 Å². The van der Waals surface area contributed by atoms with Gasteiger partial charge in [0.1, 0.15) is 17.9 Å². The van der Waals surface area contributed by atoms with Gasteiger partial charge in [0, 0.05) is 11.8 Å². The first kappa shape index (κ1) is 12.3. The molecule has 0 radical (unpaired) electrons. The molecule has 0 bridgehead atoms. The van der Waals surface area contributed by atoms with E-state index in [2.05, 4.69) is 5.32 Å². The molecule has 1 atom stereocenters. The molecule has 0 spiro atoms. The average molecular weight is 244 g/mol. The molecule has 18 heavy (non-hydrogen) atoms. The number of ether oxygens (including phenoxy) is 2. The highest BCUT2D eigenvalue weighted by Gasteiger charge is 2.10. The first-order valence-electron chi connectivity index (χ1n) is 6.02. The van der Waals surface area contributed by atoms with E-state index in [1.807, 2.05) is 36.4 Å². The van der Waals surface area contributed by atoms with Crippen molar-refractivity contribution in [2.75, 3.05) is 18.5 Å². The Labute approximate surface area is 107 Å². The molecule has 1 aliphatic heterocycles. The lowest BCUT2D eigenvalue weighted by atomic mass is 10.1. The second kappa shape index (κ2) is 6.55. The molecular weight excluding hydrogens is 228 g/mol. The molecule has 1 aromatic rings. The van der Waals surface area contributed by atoms with Gasteiger partial charge in [0.25, 0.3) is 0 Å². The summed E-state index contributed by atoms with van der Waals surface area (Å²) in [5, 5.41) is 11.8.